The molecule has 160 valence electrons. The molecule has 0 heterocycles. The van der Waals surface area contributed by atoms with Crippen LogP contribution in [0.2, 0.25) is 0 Å². The zero-order valence-electron chi connectivity index (χ0n) is 18.0. The van der Waals surface area contributed by atoms with Crippen molar-refractivity contribution in [2.75, 3.05) is 25.5 Å². The van der Waals surface area contributed by atoms with Crippen LogP contribution in [0.4, 0.5) is 5.69 Å². The molecule has 30 heavy (non-hydrogen) atoms. The number of hydrogen-bond donors (Lipinski definition) is 1. The third kappa shape index (κ3) is 6.92. The van der Waals surface area contributed by atoms with Crippen molar-refractivity contribution in [3.8, 4) is 5.75 Å². The number of aryl methyl sites for hydroxylation is 2. The molecule has 0 aliphatic carbocycles. The van der Waals surface area contributed by atoms with Crippen LogP contribution in [0.25, 0.3) is 0 Å². The van der Waals surface area contributed by atoms with Crippen molar-refractivity contribution in [3.63, 3.8) is 0 Å². The second kappa shape index (κ2) is 10.4. The minimum Gasteiger partial charge on any atom is -0.491 e. The Hall–Kier alpha value is -3.35. The molecule has 2 aromatic rings. The number of nitrogens with zero attached hydrogens (tertiary/aromatic N) is 1. The summed E-state index contributed by atoms with van der Waals surface area (Å²) in [5, 5.41) is 2.79. The maximum absolute atomic E-state index is 12.2. The van der Waals surface area contributed by atoms with E-state index in [0.29, 0.717) is 17.0 Å². The number of carbonyl (C=O) groups is 3. The number of esters is 1. The van der Waals surface area contributed by atoms with Gasteiger partial charge in [0, 0.05) is 12.7 Å². The average molecular weight is 412 g/mol. The van der Waals surface area contributed by atoms with E-state index >= 15 is 0 Å². The third-order valence-corrected chi connectivity index (χ3v) is 4.26. The third-order valence-electron chi connectivity index (χ3n) is 4.26. The molecule has 0 saturated carbocycles. The Morgan fingerprint density at radius 1 is 1.03 bits per heavy atom. The van der Waals surface area contributed by atoms with Crippen LogP contribution < -0.4 is 10.1 Å². The number of ether oxygens (including phenoxy) is 2. The summed E-state index contributed by atoms with van der Waals surface area (Å²) in [4.78, 5) is 37.8. The Labute approximate surface area is 177 Å². The first-order chi connectivity index (χ1) is 14.2. The molecule has 0 unspecified atom stereocenters. The molecule has 0 atom stereocenters. The van der Waals surface area contributed by atoms with Crippen molar-refractivity contribution in [1.82, 2.24) is 4.90 Å². The first-order valence-electron chi connectivity index (χ1n) is 9.70. The lowest BCUT2D eigenvalue weighted by Gasteiger charge is -2.17. The van der Waals surface area contributed by atoms with Crippen LogP contribution in [-0.2, 0) is 14.3 Å². The minimum atomic E-state index is -0.618. The summed E-state index contributed by atoms with van der Waals surface area (Å²) in [7, 11) is 1.48. The fourth-order valence-corrected chi connectivity index (χ4v) is 2.63. The average Bonchev–Trinajstić information content (AvgIpc) is 2.68. The fraction of sp³-hybridized carbons (Fsp3) is 0.348. The molecule has 0 fully saturated rings. The molecule has 2 aromatic carbocycles. The van der Waals surface area contributed by atoms with Gasteiger partial charge in [0.05, 0.1) is 18.2 Å². The highest BCUT2D eigenvalue weighted by Gasteiger charge is 2.16. The molecule has 0 aromatic heterocycles. The predicted octanol–water partition coefficient (Wildman–Crippen LogP) is 3.34. The Balaban J connectivity index is 1.82. The molecule has 0 bridgehead atoms. The van der Waals surface area contributed by atoms with Gasteiger partial charge in [-0.1, -0.05) is 12.1 Å². The molecule has 2 rings (SSSR count). The van der Waals surface area contributed by atoms with Gasteiger partial charge in [-0.15, -0.1) is 0 Å². The van der Waals surface area contributed by atoms with Crippen LogP contribution in [0, 0.1) is 13.8 Å². The largest absolute Gasteiger partial charge is 0.491 e. The van der Waals surface area contributed by atoms with E-state index in [9.17, 15) is 14.4 Å². The van der Waals surface area contributed by atoms with Gasteiger partial charge in [-0.25, -0.2) is 4.79 Å². The summed E-state index contributed by atoms with van der Waals surface area (Å²) in [5.74, 6) is -0.772. The molecule has 0 radical (unpaired) electrons. The highest BCUT2D eigenvalue weighted by atomic mass is 16.5. The van der Waals surface area contributed by atoms with Gasteiger partial charge in [-0.3, -0.25) is 9.59 Å². The van der Waals surface area contributed by atoms with Crippen molar-refractivity contribution >= 4 is 23.5 Å². The number of anilines is 1. The lowest BCUT2D eigenvalue weighted by Crippen LogP contribution is -2.37. The highest BCUT2D eigenvalue weighted by Crippen LogP contribution is 2.16. The first-order valence-corrected chi connectivity index (χ1v) is 9.70. The van der Waals surface area contributed by atoms with Crippen molar-refractivity contribution in [1.29, 1.82) is 0 Å². The number of carbonyl (C=O) groups excluding carboxylic acids is 3. The molecule has 1 N–H and O–H groups in total. The van der Waals surface area contributed by atoms with Crippen LogP contribution in [0.15, 0.2) is 42.5 Å². The topological polar surface area (TPSA) is 84.9 Å². The predicted molar refractivity (Wildman–Crippen MR) is 115 cm³/mol. The summed E-state index contributed by atoms with van der Waals surface area (Å²) in [6.45, 7) is 7.05. The number of nitrogens with one attached hydrogen (secondary N) is 1. The SMILES string of the molecule is Cc1ccc(C)c(NC(=O)CN(C)C(=O)COC(=O)c2ccc(OC(C)C)cc2)c1. The maximum atomic E-state index is 12.2. The van der Waals surface area contributed by atoms with Crippen LogP contribution in [0.1, 0.15) is 35.3 Å². The number of benzene rings is 2. The Bertz CT molecular complexity index is 906. The molecule has 0 saturated heterocycles. The van der Waals surface area contributed by atoms with Crippen LogP contribution in [0.3, 0.4) is 0 Å². The number of rotatable bonds is 8. The quantitative estimate of drug-likeness (QED) is 0.672. The van der Waals surface area contributed by atoms with Gasteiger partial charge in [0.2, 0.25) is 5.91 Å². The molecule has 7 nitrogen and oxygen atoms in total. The van der Waals surface area contributed by atoms with E-state index in [0.717, 1.165) is 11.1 Å². The van der Waals surface area contributed by atoms with Crippen molar-refractivity contribution in [2.24, 2.45) is 0 Å². The van der Waals surface area contributed by atoms with E-state index in [-0.39, 0.29) is 18.6 Å². The number of hydrogen-bond acceptors (Lipinski definition) is 5. The van der Waals surface area contributed by atoms with E-state index in [1.807, 2.05) is 45.9 Å². The van der Waals surface area contributed by atoms with Gasteiger partial charge < -0.3 is 19.7 Å². The first kappa shape index (κ1) is 22.9. The van der Waals surface area contributed by atoms with E-state index in [1.54, 1.807) is 24.3 Å². The Morgan fingerprint density at radius 2 is 1.70 bits per heavy atom. The van der Waals surface area contributed by atoms with Crippen LogP contribution in [-0.4, -0.2) is 49.0 Å². The lowest BCUT2D eigenvalue weighted by molar-refractivity contribution is -0.136. The van der Waals surface area contributed by atoms with E-state index in [1.165, 1.54) is 11.9 Å². The minimum absolute atomic E-state index is 0.0305. The van der Waals surface area contributed by atoms with Crippen LogP contribution in [0.5, 0.6) is 5.75 Å². The van der Waals surface area contributed by atoms with Gasteiger partial charge in [-0.2, -0.15) is 0 Å². The molecular formula is C23H28N2O5. The molecule has 0 aliphatic rings. The van der Waals surface area contributed by atoms with Gasteiger partial charge in [0.25, 0.3) is 5.91 Å². The summed E-state index contributed by atoms with van der Waals surface area (Å²) < 4.78 is 10.6. The zero-order chi connectivity index (χ0) is 22.3. The molecular weight excluding hydrogens is 384 g/mol. The molecule has 7 heteroatoms. The lowest BCUT2D eigenvalue weighted by atomic mass is 10.1. The second-order valence-electron chi connectivity index (χ2n) is 7.38. The van der Waals surface area contributed by atoms with Crippen molar-refractivity contribution in [2.45, 2.75) is 33.8 Å². The van der Waals surface area contributed by atoms with Crippen molar-refractivity contribution in [3.05, 3.63) is 59.2 Å². The van der Waals surface area contributed by atoms with E-state index in [2.05, 4.69) is 5.32 Å². The van der Waals surface area contributed by atoms with Crippen LogP contribution >= 0.6 is 0 Å². The smallest absolute Gasteiger partial charge is 0.338 e. The summed E-state index contributed by atoms with van der Waals surface area (Å²) >= 11 is 0. The molecule has 0 aliphatic heterocycles. The van der Waals surface area contributed by atoms with Gasteiger partial charge in [-0.05, 0) is 69.2 Å². The van der Waals surface area contributed by atoms with Crippen molar-refractivity contribution < 1.29 is 23.9 Å². The standard InChI is InChI=1S/C23H28N2O5/c1-15(2)30-19-10-8-18(9-11-19)23(28)29-14-22(27)25(5)13-21(26)24-20-12-16(3)6-7-17(20)4/h6-12,15H,13-14H2,1-5H3,(H,24,26). The van der Waals surface area contributed by atoms with E-state index < -0.39 is 18.5 Å². The summed E-state index contributed by atoms with van der Waals surface area (Å²) in [6.07, 6.45) is 0.0305. The zero-order valence-corrected chi connectivity index (χ0v) is 18.0. The van der Waals surface area contributed by atoms with Gasteiger partial charge >= 0.3 is 5.97 Å². The second-order valence-corrected chi connectivity index (χ2v) is 7.38. The maximum Gasteiger partial charge on any atom is 0.338 e. The van der Waals surface area contributed by atoms with Gasteiger partial charge in [0.1, 0.15) is 5.75 Å². The number of amides is 2. The van der Waals surface area contributed by atoms with E-state index in [4.69, 9.17) is 9.47 Å². The summed E-state index contributed by atoms with van der Waals surface area (Å²) in [6, 6.07) is 12.2. The fourth-order valence-electron chi connectivity index (χ4n) is 2.63. The normalized spacial score (nSPS) is 10.5. The number of likely N-dealkylation sites (N-methyl/N-ethyl adjacent to an activating group) is 1. The monoisotopic (exact) mass is 412 g/mol. The Morgan fingerprint density at radius 3 is 2.33 bits per heavy atom. The molecule has 2 amide bonds. The highest BCUT2D eigenvalue weighted by molar-refractivity contribution is 5.96. The van der Waals surface area contributed by atoms with Gasteiger partial charge in [0.15, 0.2) is 6.61 Å². The molecule has 0 spiro atoms. The summed E-state index contributed by atoms with van der Waals surface area (Å²) in [5.41, 5.74) is 2.98. The Kier molecular flexibility index (Phi) is 7.98.